The minimum absolute atomic E-state index is 0.322. The van der Waals surface area contributed by atoms with Crippen LogP contribution in [0.25, 0.3) is 11.1 Å². The molecule has 0 unspecified atom stereocenters. The van der Waals surface area contributed by atoms with Crippen LogP contribution in [-0.4, -0.2) is 5.11 Å². The van der Waals surface area contributed by atoms with Crippen molar-refractivity contribution in [3.8, 4) is 16.9 Å². The van der Waals surface area contributed by atoms with Gasteiger partial charge < -0.3 is 5.11 Å². The summed E-state index contributed by atoms with van der Waals surface area (Å²) in [5, 5.41) is 8.63. The zero-order valence-electron chi connectivity index (χ0n) is 10.6. The van der Waals surface area contributed by atoms with Crippen molar-refractivity contribution in [2.24, 2.45) is 0 Å². The van der Waals surface area contributed by atoms with E-state index in [1.54, 1.807) is 24.3 Å². The summed E-state index contributed by atoms with van der Waals surface area (Å²) in [6.45, 7) is 0. The van der Waals surface area contributed by atoms with Gasteiger partial charge in [-0.2, -0.15) is 0 Å². The van der Waals surface area contributed by atoms with Gasteiger partial charge in [0.05, 0.1) is 0 Å². The van der Waals surface area contributed by atoms with Crippen molar-refractivity contribution in [1.82, 2.24) is 0 Å². The molecule has 19 heavy (non-hydrogen) atoms. The molecule has 0 atom stereocenters. The lowest BCUT2D eigenvalue weighted by molar-refractivity contribution is 0.475. The van der Waals surface area contributed by atoms with Crippen LogP contribution in [0.15, 0.2) is 91.0 Å². The number of benzene rings is 3. The Labute approximate surface area is 113 Å². The summed E-state index contributed by atoms with van der Waals surface area (Å²) in [7, 11) is 0. The second kappa shape index (κ2) is 7.02. The van der Waals surface area contributed by atoms with Gasteiger partial charge in [0, 0.05) is 0 Å². The van der Waals surface area contributed by atoms with E-state index < -0.39 is 0 Å². The molecule has 0 saturated heterocycles. The Hall–Kier alpha value is -2.54. The third-order valence-corrected chi connectivity index (χ3v) is 2.64. The van der Waals surface area contributed by atoms with Crippen molar-refractivity contribution in [3.05, 3.63) is 91.0 Å². The molecule has 0 fully saturated rings. The van der Waals surface area contributed by atoms with Gasteiger partial charge >= 0.3 is 0 Å². The van der Waals surface area contributed by atoms with E-state index in [9.17, 15) is 0 Å². The van der Waals surface area contributed by atoms with E-state index in [-0.39, 0.29) is 0 Å². The van der Waals surface area contributed by atoms with Gasteiger partial charge in [-0.3, -0.25) is 0 Å². The minimum Gasteiger partial charge on any atom is -0.508 e. The van der Waals surface area contributed by atoms with E-state index in [0.717, 1.165) is 0 Å². The molecular weight excluding hydrogens is 232 g/mol. The van der Waals surface area contributed by atoms with Crippen LogP contribution in [0.5, 0.6) is 5.75 Å². The Kier molecular flexibility index (Phi) is 4.77. The predicted octanol–water partition coefficient (Wildman–Crippen LogP) is 4.75. The highest BCUT2D eigenvalue weighted by molar-refractivity contribution is 5.62. The number of rotatable bonds is 1. The maximum atomic E-state index is 8.63. The summed E-state index contributed by atoms with van der Waals surface area (Å²) in [6.07, 6.45) is 0. The van der Waals surface area contributed by atoms with Crippen LogP contribution in [0.1, 0.15) is 0 Å². The molecule has 0 aliphatic heterocycles. The zero-order chi connectivity index (χ0) is 13.3. The molecule has 0 bridgehead atoms. The molecule has 3 aromatic carbocycles. The van der Waals surface area contributed by atoms with Gasteiger partial charge in [-0.25, -0.2) is 0 Å². The quantitative estimate of drug-likeness (QED) is 0.659. The molecule has 0 amide bonds. The summed E-state index contributed by atoms with van der Waals surface area (Å²) in [4.78, 5) is 0. The fourth-order valence-corrected chi connectivity index (χ4v) is 1.69. The smallest absolute Gasteiger partial charge is 0.115 e. The fourth-order valence-electron chi connectivity index (χ4n) is 1.69. The number of hydrogen-bond donors (Lipinski definition) is 1. The normalized spacial score (nSPS) is 9.26. The zero-order valence-corrected chi connectivity index (χ0v) is 10.6. The van der Waals surface area contributed by atoms with Crippen molar-refractivity contribution in [1.29, 1.82) is 0 Å². The Morgan fingerprint density at radius 2 is 0.737 bits per heavy atom. The summed E-state index contributed by atoms with van der Waals surface area (Å²) in [6, 6.07) is 29.5. The number of phenols is 1. The molecule has 0 aromatic heterocycles. The van der Waals surface area contributed by atoms with Crippen LogP contribution in [0, 0.1) is 0 Å². The number of para-hydroxylation sites is 1. The molecule has 1 N–H and O–H groups in total. The average Bonchev–Trinajstić information content (AvgIpc) is 2.51. The minimum atomic E-state index is 0.322. The molecule has 3 rings (SSSR count). The summed E-state index contributed by atoms with van der Waals surface area (Å²) in [5.74, 6) is 0.322. The molecule has 0 heterocycles. The second-order valence-electron chi connectivity index (χ2n) is 4.07. The number of aromatic hydroxyl groups is 1. The lowest BCUT2D eigenvalue weighted by Crippen LogP contribution is -1.73. The first-order valence-corrected chi connectivity index (χ1v) is 6.21. The SMILES string of the molecule is Oc1ccccc1.c1ccc(-c2ccccc2)cc1. The first-order valence-electron chi connectivity index (χ1n) is 6.21. The molecule has 0 radical (unpaired) electrons. The van der Waals surface area contributed by atoms with E-state index >= 15 is 0 Å². The van der Waals surface area contributed by atoms with E-state index in [2.05, 4.69) is 48.5 Å². The Morgan fingerprint density at radius 3 is 1.00 bits per heavy atom. The molecule has 3 aromatic rings. The van der Waals surface area contributed by atoms with Crippen LogP contribution < -0.4 is 0 Å². The first-order chi connectivity index (χ1) is 9.36. The van der Waals surface area contributed by atoms with E-state index in [1.807, 2.05) is 18.2 Å². The summed E-state index contributed by atoms with van der Waals surface area (Å²) in [5.41, 5.74) is 2.55. The van der Waals surface area contributed by atoms with Gasteiger partial charge in [0.15, 0.2) is 0 Å². The summed E-state index contributed by atoms with van der Waals surface area (Å²) < 4.78 is 0. The topological polar surface area (TPSA) is 20.2 Å². The van der Waals surface area contributed by atoms with Crippen molar-refractivity contribution in [2.45, 2.75) is 0 Å². The van der Waals surface area contributed by atoms with Gasteiger partial charge in [0.2, 0.25) is 0 Å². The summed E-state index contributed by atoms with van der Waals surface area (Å²) >= 11 is 0. The molecule has 0 aliphatic carbocycles. The average molecular weight is 248 g/mol. The van der Waals surface area contributed by atoms with Crippen LogP contribution in [0.4, 0.5) is 0 Å². The van der Waals surface area contributed by atoms with Crippen LogP contribution in [0.2, 0.25) is 0 Å². The van der Waals surface area contributed by atoms with Crippen LogP contribution in [0.3, 0.4) is 0 Å². The highest BCUT2D eigenvalue weighted by atomic mass is 16.3. The largest absolute Gasteiger partial charge is 0.508 e. The van der Waals surface area contributed by atoms with E-state index in [1.165, 1.54) is 11.1 Å². The predicted molar refractivity (Wildman–Crippen MR) is 80.0 cm³/mol. The lowest BCUT2D eigenvalue weighted by Gasteiger charge is -1.98. The number of phenolic OH excluding ortho intramolecular Hbond substituents is 1. The first kappa shape index (κ1) is 12.9. The highest BCUT2D eigenvalue weighted by Crippen LogP contribution is 2.17. The van der Waals surface area contributed by atoms with Crippen LogP contribution >= 0.6 is 0 Å². The van der Waals surface area contributed by atoms with Gasteiger partial charge in [-0.05, 0) is 23.3 Å². The van der Waals surface area contributed by atoms with Crippen molar-refractivity contribution in [2.75, 3.05) is 0 Å². The van der Waals surface area contributed by atoms with Crippen molar-refractivity contribution in [3.63, 3.8) is 0 Å². The molecule has 0 saturated carbocycles. The maximum absolute atomic E-state index is 8.63. The molecule has 0 spiro atoms. The van der Waals surface area contributed by atoms with Gasteiger partial charge in [-0.1, -0.05) is 78.9 Å². The highest BCUT2D eigenvalue weighted by Gasteiger charge is 1.91. The second-order valence-corrected chi connectivity index (χ2v) is 4.07. The standard InChI is InChI=1S/C12H10.C6H6O/c1-3-7-11(8-4-1)12-9-5-2-6-10-12;7-6-4-2-1-3-5-6/h1-10H;1-5,7H. The maximum Gasteiger partial charge on any atom is 0.115 e. The van der Waals surface area contributed by atoms with Gasteiger partial charge in [0.25, 0.3) is 0 Å². The van der Waals surface area contributed by atoms with E-state index in [0.29, 0.717) is 5.75 Å². The van der Waals surface area contributed by atoms with Gasteiger partial charge in [-0.15, -0.1) is 0 Å². The fraction of sp³-hybridized carbons (Fsp3) is 0. The molecule has 0 aliphatic rings. The van der Waals surface area contributed by atoms with Crippen LogP contribution in [-0.2, 0) is 0 Å². The molecular formula is C18H16O. The molecule has 1 nitrogen and oxygen atoms in total. The van der Waals surface area contributed by atoms with Crippen molar-refractivity contribution >= 4 is 0 Å². The van der Waals surface area contributed by atoms with Crippen molar-refractivity contribution < 1.29 is 5.11 Å². The third kappa shape index (κ3) is 4.32. The Morgan fingerprint density at radius 1 is 0.421 bits per heavy atom. The lowest BCUT2D eigenvalue weighted by atomic mass is 10.1. The molecule has 94 valence electrons. The van der Waals surface area contributed by atoms with Gasteiger partial charge in [0.1, 0.15) is 5.75 Å². The molecule has 1 heteroatoms. The Bertz CT molecular complexity index is 536. The number of hydrogen-bond acceptors (Lipinski definition) is 1. The Balaban J connectivity index is 0.000000163. The monoisotopic (exact) mass is 248 g/mol. The van der Waals surface area contributed by atoms with E-state index in [4.69, 9.17) is 5.11 Å². The third-order valence-electron chi connectivity index (χ3n) is 2.64.